The van der Waals surface area contributed by atoms with Crippen LogP contribution in [0.5, 0.6) is 0 Å². The third kappa shape index (κ3) is 3.69. The molecule has 0 aliphatic carbocycles. The molecule has 1 aromatic carbocycles. The van der Waals surface area contributed by atoms with E-state index in [2.05, 4.69) is 10.1 Å². The average molecular weight is 282 g/mol. The molecule has 6 heteroatoms. The maximum atomic E-state index is 13.7. The van der Waals surface area contributed by atoms with Crippen LogP contribution in [-0.4, -0.2) is 25.0 Å². The smallest absolute Gasteiger partial charge is 0.328 e. The number of hydrogen-bond acceptors (Lipinski definition) is 4. The van der Waals surface area contributed by atoms with E-state index < -0.39 is 23.7 Å². The summed E-state index contributed by atoms with van der Waals surface area (Å²) in [7, 11) is 1.24. The van der Waals surface area contributed by atoms with Crippen molar-refractivity contribution in [3.05, 3.63) is 29.6 Å². The summed E-state index contributed by atoms with van der Waals surface area (Å²) in [5.74, 6) is -2.07. The molecule has 2 atom stereocenters. The van der Waals surface area contributed by atoms with Gasteiger partial charge in [0.05, 0.1) is 12.7 Å². The van der Waals surface area contributed by atoms with Gasteiger partial charge in [-0.05, 0) is 24.1 Å². The van der Waals surface area contributed by atoms with Crippen LogP contribution in [0.4, 0.5) is 10.1 Å². The fourth-order valence-corrected chi connectivity index (χ4v) is 1.73. The Morgan fingerprint density at radius 3 is 2.60 bits per heavy atom. The SMILES string of the molecule is CCC(C)C(NC(=O)c1ccc(N)cc1F)C(=O)OC. The molecule has 3 N–H and O–H groups in total. The average Bonchev–Trinajstić information content (AvgIpc) is 2.42. The predicted octanol–water partition coefficient (Wildman–Crippen LogP) is 1.73. The van der Waals surface area contributed by atoms with Gasteiger partial charge < -0.3 is 15.8 Å². The van der Waals surface area contributed by atoms with Gasteiger partial charge in [-0.1, -0.05) is 20.3 Å². The zero-order valence-electron chi connectivity index (χ0n) is 11.8. The van der Waals surface area contributed by atoms with Gasteiger partial charge in [0, 0.05) is 5.69 Å². The Bertz CT molecular complexity index is 505. The number of nitrogens with one attached hydrogen (secondary N) is 1. The van der Waals surface area contributed by atoms with E-state index in [1.165, 1.54) is 19.2 Å². The number of amides is 1. The van der Waals surface area contributed by atoms with E-state index in [0.717, 1.165) is 6.07 Å². The van der Waals surface area contributed by atoms with E-state index in [1.807, 2.05) is 6.92 Å². The fourth-order valence-electron chi connectivity index (χ4n) is 1.73. The molecule has 1 aromatic rings. The van der Waals surface area contributed by atoms with Crippen LogP contribution in [-0.2, 0) is 9.53 Å². The van der Waals surface area contributed by atoms with Crippen molar-refractivity contribution < 1.29 is 18.7 Å². The summed E-state index contributed by atoms with van der Waals surface area (Å²) in [5, 5.41) is 2.50. The monoisotopic (exact) mass is 282 g/mol. The molecule has 0 aromatic heterocycles. The van der Waals surface area contributed by atoms with Crippen molar-refractivity contribution in [2.45, 2.75) is 26.3 Å². The molecule has 1 rings (SSSR count). The molecular weight excluding hydrogens is 263 g/mol. The molecule has 0 aliphatic rings. The maximum absolute atomic E-state index is 13.7. The summed E-state index contributed by atoms with van der Waals surface area (Å²) < 4.78 is 18.3. The molecule has 110 valence electrons. The first-order valence-corrected chi connectivity index (χ1v) is 6.34. The third-order valence-electron chi connectivity index (χ3n) is 3.19. The molecule has 0 saturated heterocycles. The third-order valence-corrected chi connectivity index (χ3v) is 3.19. The van der Waals surface area contributed by atoms with Crippen molar-refractivity contribution in [1.29, 1.82) is 0 Å². The Labute approximate surface area is 117 Å². The number of nitrogen functional groups attached to an aromatic ring is 1. The highest BCUT2D eigenvalue weighted by atomic mass is 19.1. The van der Waals surface area contributed by atoms with Crippen LogP contribution in [0, 0.1) is 11.7 Å². The number of halogens is 1. The molecule has 0 fully saturated rings. The topological polar surface area (TPSA) is 81.4 Å². The Balaban J connectivity index is 2.93. The summed E-state index contributed by atoms with van der Waals surface area (Å²) in [6.45, 7) is 3.69. The van der Waals surface area contributed by atoms with Crippen LogP contribution in [0.1, 0.15) is 30.6 Å². The van der Waals surface area contributed by atoms with Crippen molar-refractivity contribution in [2.24, 2.45) is 5.92 Å². The minimum Gasteiger partial charge on any atom is -0.467 e. The van der Waals surface area contributed by atoms with E-state index in [9.17, 15) is 14.0 Å². The second-order valence-corrected chi connectivity index (χ2v) is 4.60. The number of esters is 1. The van der Waals surface area contributed by atoms with Gasteiger partial charge in [-0.15, -0.1) is 0 Å². The number of hydrogen-bond donors (Lipinski definition) is 2. The fraction of sp³-hybridized carbons (Fsp3) is 0.429. The van der Waals surface area contributed by atoms with Crippen molar-refractivity contribution in [1.82, 2.24) is 5.32 Å². The van der Waals surface area contributed by atoms with Gasteiger partial charge in [0.25, 0.3) is 5.91 Å². The number of nitrogens with two attached hydrogens (primary N) is 1. The second kappa shape index (κ2) is 6.88. The molecule has 1 amide bonds. The van der Waals surface area contributed by atoms with Gasteiger partial charge in [0.1, 0.15) is 11.9 Å². The lowest BCUT2D eigenvalue weighted by atomic mass is 9.98. The highest BCUT2D eigenvalue weighted by Crippen LogP contribution is 2.14. The van der Waals surface area contributed by atoms with Crippen molar-refractivity contribution in [3.8, 4) is 0 Å². The molecule has 20 heavy (non-hydrogen) atoms. The predicted molar refractivity (Wildman–Crippen MR) is 73.5 cm³/mol. The van der Waals surface area contributed by atoms with Gasteiger partial charge in [0.15, 0.2) is 0 Å². The normalized spacial score (nSPS) is 13.4. The zero-order valence-corrected chi connectivity index (χ0v) is 11.8. The highest BCUT2D eigenvalue weighted by Gasteiger charge is 2.27. The number of anilines is 1. The molecule has 2 unspecified atom stereocenters. The number of carbonyl (C=O) groups excluding carboxylic acids is 2. The van der Waals surface area contributed by atoms with Crippen LogP contribution < -0.4 is 11.1 Å². The lowest BCUT2D eigenvalue weighted by molar-refractivity contribution is -0.144. The number of benzene rings is 1. The highest BCUT2D eigenvalue weighted by molar-refractivity contribution is 5.97. The Morgan fingerprint density at radius 1 is 1.45 bits per heavy atom. The molecule has 0 heterocycles. The zero-order chi connectivity index (χ0) is 15.3. The Morgan fingerprint density at radius 2 is 2.10 bits per heavy atom. The van der Waals surface area contributed by atoms with Gasteiger partial charge >= 0.3 is 5.97 Å². The minimum absolute atomic E-state index is 0.122. The number of rotatable bonds is 5. The largest absolute Gasteiger partial charge is 0.467 e. The van der Waals surface area contributed by atoms with Gasteiger partial charge in [-0.25, -0.2) is 9.18 Å². The first kappa shape index (κ1) is 15.9. The Kier molecular flexibility index (Phi) is 5.49. The van der Waals surface area contributed by atoms with Gasteiger partial charge in [0.2, 0.25) is 0 Å². The standard InChI is InChI=1S/C14H19FN2O3/c1-4-8(2)12(14(19)20-3)17-13(18)10-6-5-9(16)7-11(10)15/h5-8,12H,4,16H2,1-3H3,(H,17,18). The van der Waals surface area contributed by atoms with Crippen LogP contribution >= 0.6 is 0 Å². The first-order chi connectivity index (χ1) is 9.40. The molecular formula is C14H19FN2O3. The van der Waals surface area contributed by atoms with E-state index in [1.54, 1.807) is 6.92 Å². The van der Waals surface area contributed by atoms with Gasteiger partial charge in [-0.3, -0.25) is 4.79 Å². The molecule has 0 saturated carbocycles. The summed E-state index contributed by atoms with van der Waals surface area (Å²) >= 11 is 0. The van der Waals surface area contributed by atoms with Crippen LogP contribution in [0.3, 0.4) is 0 Å². The minimum atomic E-state index is -0.811. The van der Waals surface area contributed by atoms with Crippen LogP contribution in [0.2, 0.25) is 0 Å². The molecule has 0 aliphatic heterocycles. The number of methoxy groups -OCH3 is 1. The summed E-state index contributed by atoms with van der Waals surface area (Å²) in [6.07, 6.45) is 0.671. The first-order valence-electron chi connectivity index (χ1n) is 6.34. The number of carbonyl (C=O) groups is 2. The molecule has 5 nitrogen and oxygen atoms in total. The lowest BCUT2D eigenvalue weighted by Gasteiger charge is -2.21. The quantitative estimate of drug-likeness (QED) is 0.636. The molecule has 0 radical (unpaired) electrons. The molecule has 0 bridgehead atoms. The summed E-state index contributed by atoms with van der Waals surface area (Å²) in [5.41, 5.74) is 5.49. The van der Waals surface area contributed by atoms with Crippen LogP contribution in [0.15, 0.2) is 18.2 Å². The summed E-state index contributed by atoms with van der Waals surface area (Å²) in [4.78, 5) is 23.7. The van der Waals surface area contributed by atoms with Crippen molar-refractivity contribution >= 4 is 17.6 Å². The number of ether oxygens (including phenoxy) is 1. The van der Waals surface area contributed by atoms with Crippen LogP contribution in [0.25, 0.3) is 0 Å². The Hall–Kier alpha value is -2.11. The summed E-state index contributed by atoms with van der Waals surface area (Å²) in [6, 6.07) is 2.96. The van der Waals surface area contributed by atoms with E-state index in [4.69, 9.17) is 5.73 Å². The lowest BCUT2D eigenvalue weighted by Crippen LogP contribution is -2.45. The van der Waals surface area contributed by atoms with E-state index in [0.29, 0.717) is 6.42 Å². The van der Waals surface area contributed by atoms with Crippen molar-refractivity contribution in [3.63, 3.8) is 0 Å². The van der Waals surface area contributed by atoms with Gasteiger partial charge in [-0.2, -0.15) is 0 Å². The van der Waals surface area contributed by atoms with E-state index >= 15 is 0 Å². The second-order valence-electron chi connectivity index (χ2n) is 4.60. The maximum Gasteiger partial charge on any atom is 0.328 e. The van der Waals surface area contributed by atoms with E-state index in [-0.39, 0.29) is 17.2 Å². The van der Waals surface area contributed by atoms with Crippen molar-refractivity contribution in [2.75, 3.05) is 12.8 Å². The molecule has 0 spiro atoms.